The van der Waals surface area contributed by atoms with Crippen molar-refractivity contribution in [3.63, 3.8) is 0 Å². The maximum absolute atomic E-state index is 12.7. The lowest BCUT2D eigenvalue weighted by atomic mass is 10.0. The Kier molecular flexibility index (Phi) is 3.93. The molecule has 1 aromatic heterocycles. The summed E-state index contributed by atoms with van der Waals surface area (Å²) in [4.78, 5) is 29.3. The lowest BCUT2D eigenvalue weighted by Gasteiger charge is -2.12. The number of thiazole rings is 1. The summed E-state index contributed by atoms with van der Waals surface area (Å²) >= 11 is 1.60. The number of ketones is 1. The summed E-state index contributed by atoms with van der Waals surface area (Å²) < 4.78 is 0. The number of aromatic nitrogens is 1. The van der Waals surface area contributed by atoms with Crippen molar-refractivity contribution in [2.75, 3.05) is 5.32 Å². The molecule has 1 atom stereocenters. The fourth-order valence-electron chi connectivity index (χ4n) is 3.18. The maximum Gasteiger partial charge on any atom is 0.232 e. The van der Waals surface area contributed by atoms with Gasteiger partial charge in [0, 0.05) is 28.6 Å². The number of nitrogens with one attached hydrogen (secondary N) is 1. The Bertz CT molecular complexity index is 977. The van der Waals surface area contributed by atoms with Gasteiger partial charge in [0.15, 0.2) is 5.78 Å². The summed E-state index contributed by atoms with van der Waals surface area (Å²) in [6.45, 7) is 1.97. The van der Waals surface area contributed by atoms with E-state index in [2.05, 4.69) is 10.3 Å². The van der Waals surface area contributed by atoms with Gasteiger partial charge in [-0.1, -0.05) is 36.4 Å². The zero-order valence-electron chi connectivity index (χ0n) is 13.7. The molecule has 0 bridgehead atoms. The second kappa shape index (κ2) is 6.26. The zero-order valence-corrected chi connectivity index (χ0v) is 14.5. The minimum Gasteiger partial charge on any atom is -0.326 e. The Morgan fingerprint density at radius 2 is 2.04 bits per heavy atom. The summed E-state index contributed by atoms with van der Waals surface area (Å²) in [5.74, 6) is -0.541. The topological polar surface area (TPSA) is 59.1 Å². The van der Waals surface area contributed by atoms with Gasteiger partial charge in [0.2, 0.25) is 5.91 Å². The number of nitrogens with zero attached hydrogens (tertiary/aromatic N) is 1. The first-order valence-corrected chi connectivity index (χ1v) is 8.95. The smallest absolute Gasteiger partial charge is 0.232 e. The number of fused-ring (bicyclic) bond motifs is 1. The molecule has 0 radical (unpaired) electrons. The molecule has 0 saturated heterocycles. The molecule has 0 spiro atoms. The number of Topliss-reactive ketones (excluding diaryl/α,β-unsaturated/α-hetero) is 1. The van der Waals surface area contributed by atoms with Crippen LogP contribution in [-0.2, 0) is 4.79 Å². The number of hydrogen-bond acceptors (Lipinski definition) is 4. The van der Waals surface area contributed by atoms with Crippen molar-refractivity contribution in [2.45, 2.75) is 19.3 Å². The third kappa shape index (κ3) is 2.98. The monoisotopic (exact) mass is 348 g/mol. The van der Waals surface area contributed by atoms with Crippen molar-refractivity contribution in [2.24, 2.45) is 0 Å². The van der Waals surface area contributed by atoms with Gasteiger partial charge in [-0.15, -0.1) is 11.3 Å². The molecule has 4 rings (SSSR count). The van der Waals surface area contributed by atoms with Crippen LogP contribution in [0.5, 0.6) is 0 Å². The van der Waals surface area contributed by atoms with E-state index in [9.17, 15) is 9.59 Å². The molecule has 4 nitrogen and oxygen atoms in total. The largest absolute Gasteiger partial charge is 0.326 e. The van der Waals surface area contributed by atoms with Gasteiger partial charge in [-0.2, -0.15) is 0 Å². The van der Waals surface area contributed by atoms with Crippen LogP contribution in [0.1, 0.15) is 33.3 Å². The van der Waals surface area contributed by atoms with Crippen LogP contribution >= 0.6 is 11.3 Å². The number of hydrogen-bond donors (Lipinski definition) is 1. The maximum atomic E-state index is 12.7. The van der Waals surface area contributed by atoms with Gasteiger partial charge in [-0.25, -0.2) is 4.98 Å². The van der Waals surface area contributed by atoms with Crippen LogP contribution in [0.3, 0.4) is 0 Å². The van der Waals surface area contributed by atoms with Crippen LogP contribution in [-0.4, -0.2) is 16.7 Å². The molecule has 1 aliphatic carbocycles. The molecular weight excluding hydrogens is 332 g/mol. The zero-order chi connectivity index (χ0) is 17.4. The van der Waals surface area contributed by atoms with Crippen molar-refractivity contribution >= 4 is 28.7 Å². The number of carbonyl (C=O) groups is 2. The van der Waals surface area contributed by atoms with Crippen molar-refractivity contribution < 1.29 is 9.59 Å². The van der Waals surface area contributed by atoms with Crippen LogP contribution in [0, 0.1) is 6.92 Å². The predicted octanol–water partition coefficient (Wildman–Crippen LogP) is 4.43. The van der Waals surface area contributed by atoms with Crippen LogP contribution in [0.25, 0.3) is 11.3 Å². The number of amides is 1. The third-order valence-electron chi connectivity index (χ3n) is 4.39. The molecular formula is C20H16N2O2S. The highest BCUT2D eigenvalue weighted by atomic mass is 32.1. The molecule has 5 heteroatoms. The normalized spacial score (nSPS) is 15.9. The first kappa shape index (κ1) is 15.7. The van der Waals surface area contributed by atoms with Gasteiger partial charge >= 0.3 is 0 Å². The van der Waals surface area contributed by atoms with E-state index >= 15 is 0 Å². The summed E-state index contributed by atoms with van der Waals surface area (Å²) in [6, 6.07) is 15.0. The molecule has 2 aromatic carbocycles. The Morgan fingerprint density at radius 1 is 1.20 bits per heavy atom. The fourth-order valence-corrected chi connectivity index (χ4v) is 3.80. The highest BCUT2D eigenvalue weighted by Crippen LogP contribution is 2.34. The first-order chi connectivity index (χ1) is 12.1. The van der Waals surface area contributed by atoms with E-state index in [4.69, 9.17) is 0 Å². The lowest BCUT2D eigenvalue weighted by Crippen LogP contribution is -2.19. The van der Waals surface area contributed by atoms with Crippen LogP contribution in [0.15, 0.2) is 53.9 Å². The van der Waals surface area contributed by atoms with Gasteiger partial charge in [-0.3, -0.25) is 9.59 Å². The fraction of sp³-hybridized carbons (Fsp3) is 0.150. The molecule has 0 aliphatic heterocycles. The Balaban J connectivity index is 1.57. The van der Waals surface area contributed by atoms with Crippen LogP contribution in [0.4, 0.5) is 5.69 Å². The number of aryl methyl sites for hydroxylation is 1. The average molecular weight is 348 g/mol. The van der Waals surface area contributed by atoms with E-state index in [1.54, 1.807) is 17.4 Å². The Hall–Kier alpha value is -2.79. The second-order valence-electron chi connectivity index (χ2n) is 6.09. The summed E-state index contributed by atoms with van der Waals surface area (Å²) in [5, 5.41) is 5.95. The molecule has 1 N–H and O–H groups in total. The summed E-state index contributed by atoms with van der Waals surface area (Å²) in [7, 11) is 0. The highest BCUT2D eigenvalue weighted by Gasteiger charge is 2.33. The van der Waals surface area contributed by atoms with Gasteiger partial charge in [0.05, 0.1) is 16.6 Å². The number of rotatable bonds is 3. The average Bonchev–Trinajstić information content (AvgIpc) is 3.20. The van der Waals surface area contributed by atoms with E-state index in [-0.39, 0.29) is 18.1 Å². The highest BCUT2D eigenvalue weighted by molar-refractivity contribution is 7.09. The van der Waals surface area contributed by atoms with Crippen molar-refractivity contribution in [3.05, 3.63) is 70.0 Å². The van der Waals surface area contributed by atoms with Gasteiger partial charge in [0.25, 0.3) is 0 Å². The van der Waals surface area contributed by atoms with Crippen LogP contribution in [0.2, 0.25) is 0 Å². The van der Waals surface area contributed by atoms with Crippen molar-refractivity contribution in [3.8, 4) is 11.3 Å². The molecule has 124 valence electrons. The van der Waals surface area contributed by atoms with Crippen molar-refractivity contribution in [1.29, 1.82) is 0 Å². The lowest BCUT2D eigenvalue weighted by molar-refractivity contribution is -0.117. The molecule has 0 unspecified atom stereocenters. The molecule has 1 aliphatic rings. The van der Waals surface area contributed by atoms with E-state index < -0.39 is 5.92 Å². The van der Waals surface area contributed by atoms with Gasteiger partial charge in [0.1, 0.15) is 0 Å². The van der Waals surface area contributed by atoms with E-state index in [0.717, 1.165) is 21.8 Å². The number of anilines is 1. The minimum atomic E-state index is -0.422. The molecule has 25 heavy (non-hydrogen) atoms. The molecule has 1 amide bonds. The summed E-state index contributed by atoms with van der Waals surface area (Å²) in [5.41, 5.74) is 4.06. The van der Waals surface area contributed by atoms with Crippen molar-refractivity contribution in [1.82, 2.24) is 4.98 Å². The minimum absolute atomic E-state index is 0.0300. The molecule has 0 saturated carbocycles. The first-order valence-electron chi connectivity index (χ1n) is 8.07. The number of benzene rings is 2. The van der Waals surface area contributed by atoms with Gasteiger partial charge < -0.3 is 5.32 Å². The molecule has 3 aromatic rings. The molecule has 0 fully saturated rings. The van der Waals surface area contributed by atoms with Gasteiger partial charge in [-0.05, 0) is 24.6 Å². The Labute approximate surface area is 149 Å². The van der Waals surface area contributed by atoms with Crippen LogP contribution < -0.4 is 5.32 Å². The number of carbonyl (C=O) groups excluding carboxylic acids is 2. The standard InChI is InChI=1S/C20H16N2O2S/c1-12-21-18(11-25-12)13-5-4-6-14(9-13)22-20(24)17-10-19(23)16-8-3-2-7-15(16)17/h2-9,11,17H,10H2,1H3,(H,22,24)/t17-/m1/s1. The Morgan fingerprint density at radius 3 is 2.84 bits per heavy atom. The predicted molar refractivity (Wildman–Crippen MR) is 99.0 cm³/mol. The molecule has 1 heterocycles. The quantitative estimate of drug-likeness (QED) is 0.762. The SMILES string of the molecule is Cc1nc(-c2cccc(NC(=O)[C@@H]3CC(=O)c4ccccc43)c2)cs1. The third-order valence-corrected chi connectivity index (χ3v) is 5.16. The van der Waals surface area contributed by atoms with E-state index in [0.29, 0.717) is 11.3 Å². The van der Waals surface area contributed by atoms with E-state index in [1.165, 1.54) is 0 Å². The van der Waals surface area contributed by atoms with E-state index in [1.807, 2.05) is 54.8 Å². The summed E-state index contributed by atoms with van der Waals surface area (Å²) in [6.07, 6.45) is 0.232. The second-order valence-corrected chi connectivity index (χ2v) is 7.15.